The van der Waals surface area contributed by atoms with Crippen LogP contribution in [0.25, 0.3) is 16.9 Å². The van der Waals surface area contributed by atoms with Crippen molar-refractivity contribution >= 4 is 17.2 Å². The minimum absolute atomic E-state index is 0.0853. The molecule has 1 amide bonds. The van der Waals surface area contributed by atoms with Crippen molar-refractivity contribution in [2.75, 3.05) is 18.4 Å². The highest BCUT2D eigenvalue weighted by Gasteiger charge is 2.27. The largest absolute Gasteiger partial charge is 0.387 e. The second-order valence-electron chi connectivity index (χ2n) is 8.80. The van der Waals surface area contributed by atoms with Gasteiger partial charge in [-0.2, -0.15) is 10.4 Å². The molecule has 0 aliphatic rings. The monoisotopic (exact) mass is 457 g/mol. The Kier molecular flexibility index (Phi) is 6.60. The number of pyridine rings is 1. The van der Waals surface area contributed by atoms with Gasteiger partial charge < -0.3 is 15.7 Å². The highest BCUT2D eigenvalue weighted by molar-refractivity contribution is 6.00. The topological polar surface area (TPSA) is 128 Å². The summed E-state index contributed by atoms with van der Waals surface area (Å²) in [5.74, 6) is -0.628. The number of nitriles is 1. The van der Waals surface area contributed by atoms with Gasteiger partial charge in [-0.15, -0.1) is 0 Å². The number of anilines is 1. The van der Waals surface area contributed by atoms with E-state index in [2.05, 4.69) is 25.7 Å². The number of hydrogen-bond acceptors (Lipinski definition) is 7. The Hall–Kier alpha value is -3.65. The molecule has 0 aromatic carbocycles. The molecule has 3 rings (SSSR count). The minimum atomic E-state index is -1.68. The molecule has 3 aromatic heterocycles. The van der Waals surface area contributed by atoms with Gasteiger partial charge in [0.2, 0.25) is 0 Å². The molecule has 0 saturated heterocycles. The SMILES string of the molecule is CC(C)(F)CNc1cc(-c2cnn3cc(C#N)cnc23)ncc1C(=O)NC[C@@H](F)C(C)(C)O. The lowest BCUT2D eigenvalue weighted by Crippen LogP contribution is -2.42. The highest BCUT2D eigenvalue weighted by Crippen LogP contribution is 2.27. The predicted octanol–water partition coefficient (Wildman–Crippen LogP) is 2.66. The highest BCUT2D eigenvalue weighted by atomic mass is 19.1. The molecule has 0 spiro atoms. The number of halogens is 2. The van der Waals surface area contributed by atoms with Gasteiger partial charge in [-0.25, -0.2) is 18.3 Å². The van der Waals surface area contributed by atoms with Gasteiger partial charge in [-0.05, 0) is 33.8 Å². The number of carbonyl (C=O) groups excluding carboxylic acids is 1. The summed E-state index contributed by atoms with van der Waals surface area (Å²) < 4.78 is 29.6. The van der Waals surface area contributed by atoms with Gasteiger partial charge in [0.1, 0.15) is 17.9 Å². The van der Waals surface area contributed by atoms with Crippen LogP contribution in [0.1, 0.15) is 43.6 Å². The molecular formula is C22H25F2N7O2. The van der Waals surface area contributed by atoms with Crippen LogP contribution in [0.2, 0.25) is 0 Å². The van der Waals surface area contributed by atoms with Crippen LogP contribution < -0.4 is 10.6 Å². The standard InChI is InChI=1S/C22H25F2N7O2/c1-21(2,24)12-29-17-5-16(14-9-30-31-11-13(6-25)7-27-19(14)31)26-8-15(17)20(32)28-10-18(23)22(3,4)33/h5,7-9,11,18,33H,10,12H2,1-4H3,(H,26,29)(H,28,32)/t18-/m1/s1. The van der Waals surface area contributed by atoms with E-state index in [-0.39, 0.29) is 17.8 Å². The zero-order valence-corrected chi connectivity index (χ0v) is 18.7. The number of hydrogen-bond donors (Lipinski definition) is 3. The average Bonchev–Trinajstić information content (AvgIpc) is 3.17. The number of alkyl halides is 2. The second-order valence-corrected chi connectivity index (χ2v) is 8.80. The predicted molar refractivity (Wildman–Crippen MR) is 118 cm³/mol. The number of rotatable bonds is 8. The Balaban J connectivity index is 1.95. The Labute approximate surface area is 189 Å². The summed E-state index contributed by atoms with van der Waals surface area (Å²) in [6, 6.07) is 3.54. The quantitative estimate of drug-likeness (QED) is 0.474. The van der Waals surface area contributed by atoms with Gasteiger partial charge in [0.15, 0.2) is 5.65 Å². The fourth-order valence-electron chi connectivity index (χ4n) is 2.88. The van der Waals surface area contributed by atoms with Gasteiger partial charge in [0, 0.05) is 18.9 Å². The number of aliphatic hydroxyl groups is 1. The zero-order valence-electron chi connectivity index (χ0n) is 18.7. The first-order valence-electron chi connectivity index (χ1n) is 10.2. The molecule has 0 bridgehead atoms. The van der Waals surface area contributed by atoms with E-state index in [4.69, 9.17) is 5.26 Å². The molecule has 9 nitrogen and oxygen atoms in total. The van der Waals surface area contributed by atoms with E-state index >= 15 is 0 Å². The number of nitrogens with zero attached hydrogens (tertiary/aromatic N) is 5. The van der Waals surface area contributed by atoms with Gasteiger partial charge in [0.05, 0.1) is 52.6 Å². The molecule has 3 heterocycles. The van der Waals surface area contributed by atoms with Crippen LogP contribution in [-0.4, -0.2) is 61.1 Å². The van der Waals surface area contributed by atoms with E-state index < -0.39 is 29.9 Å². The Morgan fingerprint density at radius 1 is 1.27 bits per heavy atom. The van der Waals surface area contributed by atoms with E-state index in [1.54, 1.807) is 6.07 Å². The van der Waals surface area contributed by atoms with Crippen molar-refractivity contribution < 1.29 is 18.7 Å². The third-order valence-electron chi connectivity index (χ3n) is 4.82. The van der Waals surface area contributed by atoms with E-state index in [0.29, 0.717) is 22.5 Å². The summed E-state index contributed by atoms with van der Waals surface area (Å²) in [4.78, 5) is 21.3. The van der Waals surface area contributed by atoms with Crippen molar-refractivity contribution in [3.8, 4) is 17.3 Å². The summed E-state index contributed by atoms with van der Waals surface area (Å²) in [6.45, 7) is 4.89. The molecule has 174 valence electrons. The van der Waals surface area contributed by atoms with Crippen molar-refractivity contribution in [3.63, 3.8) is 0 Å². The molecule has 11 heteroatoms. The normalized spacial score (nSPS) is 12.9. The molecule has 33 heavy (non-hydrogen) atoms. The summed E-state index contributed by atoms with van der Waals surface area (Å²) in [5.41, 5.74) is -1.07. The lowest BCUT2D eigenvalue weighted by Gasteiger charge is -2.23. The third-order valence-corrected chi connectivity index (χ3v) is 4.82. The Morgan fingerprint density at radius 2 is 2.00 bits per heavy atom. The zero-order chi connectivity index (χ0) is 24.4. The number of aromatic nitrogens is 4. The lowest BCUT2D eigenvalue weighted by molar-refractivity contribution is -0.00177. The molecule has 0 fully saturated rings. The first-order chi connectivity index (χ1) is 15.4. The lowest BCUT2D eigenvalue weighted by atomic mass is 10.0. The molecule has 0 aliphatic carbocycles. The maximum Gasteiger partial charge on any atom is 0.255 e. The van der Waals surface area contributed by atoms with Gasteiger partial charge >= 0.3 is 0 Å². The van der Waals surface area contributed by atoms with Crippen LogP contribution in [0.4, 0.5) is 14.5 Å². The molecule has 3 aromatic rings. The summed E-state index contributed by atoms with van der Waals surface area (Å²) in [5, 5.41) is 28.3. The van der Waals surface area contributed by atoms with Crippen molar-refractivity contribution in [1.82, 2.24) is 24.9 Å². The van der Waals surface area contributed by atoms with Crippen LogP contribution in [0.3, 0.4) is 0 Å². The first kappa shape index (κ1) is 24.0. The summed E-state index contributed by atoms with van der Waals surface area (Å²) in [7, 11) is 0. The first-order valence-corrected chi connectivity index (χ1v) is 10.2. The minimum Gasteiger partial charge on any atom is -0.387 e. The van der Waals surface area contributed by atoms with Crippen LogP contribution in [0, 0.1) is 11.3 Å². The van der Waals surface area contributed by atoms with E-state index in [1.807, 2.05) is 6.07 Å². The van der Waals surface area contributed by atoms with Crippen LogP contribution in [0.5, 0.6) is 0 Å². The Morgan fingerprint density at radius 3 is 2.64 bits per heavy atom. The molecule has 0 radical (unpaired) electrons. The van der Waals surface area contributed by atoms with Gasteiger partial charge in [-0.3, -0.25) is 9.78 Å². The fourth-order valence-corrected chi connectivity index (χ4v) is 2.88. The molecule has 3 N–H and O–H groups in total. The Bertz CT molecular complexity index is 1210. The molecule has 1 atom stereocenters. The summed E-state index contributed by atoms with van der Waals surface area (Å²) in [6.07, 6.45) is 4.06. The second kappa shape index (κ2) is 9.07. The van der Waals surface area contributed by atoms with E-state index in [0.717, 1.165) is 0 Å². The summed E-state index contributed by atoms with van der Waals surface area (Å²) >= 11 is 0. The maximum atomic E-state index is 14.1. The van der Waals surface area contributed by atoms with Gasteiger partial charge in [0.25, 0.3) is 5.91 Å². The van der Waals surface area contributed by atoms with Crippen LogP contribution in [0.15, 0.2) is 30.9 Å². The maximum absolute atomic E-state index is 14.1. The van der Waals surface area contributed by atoms with Crippen molar-refractivity contribution in [2.24, 2.45) is 0 Å². The average molecular weight is 457 g/mol. The van der Waals surface area contributed by atoms with Crippen molar-refractivity contribution in [2.45, 2.75) is 45.1 Å². The smallest absolute Gasteiger partial charge is 0.255 e. The van der Waals surface area contributed by atoms with Gasteiger partial charge in [-0.1, -0.05) is 0 Å². The van der Waals surface area contributed by atoms with E-state index in [1.165, 1.54) is 57.0 Å². The molecular weight excluding hydrogens is 432 g/mol. The van der Waals surface area contributed by atoms with E-state index in [9.17, 15) is 18.7 Å². The number of nitrogens with one attached hydrogen (secondary N) is 2. The molecule has 0 aliphatic heterocycles. The molecule has 0 saturated carbocycles. The molecule has 0 unspecified atom stereocenters. The fraction of sp³-hybridized carbons (Fsp3) is 0.409. The van der Waals surface area contributed by atoms with Crippen molar-refractivity contribution in [3.05, 3.63) is 42.0 Å². The third kappa shape index (κ3) is 5.78. The van der Waals surface area contributed by atoms with Crippen LogP contribution >= 0.6 is 0 Å². The number of amides is 1. The number of fused-ring (bicyclic) bond motifs is 1. The van der Waals surface area contributed by atoms with Crippen molar-refractivity contribution in [1.29, 1.82) is 5.26 Å². The van der Waals surface area contributed by atoms with Crippen LogP contribution in [-0.2, 0) is 0 Å². The number of carbonyl (C=O) groups is 1.